The molecule has 9 heteroatoms. The zero-order valence-electron chi connectivity index (χ0n) is 26.8. The van der Waals surface area contributed by atoms with Gasteiger partial charge in [-0.2, -0.15) is 0 Å². The van der Waals surface area contributed by atoms with Crippen LogP contribution in [0, 0.1) is 5.92 Å². The Balaban J connectivity index is 1.58. The van der Waals surface area contributed by atoms with Crippen molar-refractivity contribution in [2.75, 3.05) is 19.8 Å². The van der Waals surface area contributed by atoms with E-state index in [1.807, 2.05) is 112 Å². The van der Waals surface area contributed by atoms with Gasteiger partial charge in [0.2, 0.25) is 0 Å². The third-order valence-electron chi connectivity index (χ3n) is 7.64. The van der Waals surface area contributed by atoms with Crippen LogP contribution < -0.4 is 0 Å². The molecule has 0 saturated carbocycles. The Morgan fingerprint density at radius 1 is 0.667 bits per heavy atom. The van der Waals surface area contributed by atoms with Crippen LogP contribution in [0.1, 0.15) is 63.1 Å². The molecule has 0 spiro atoms. The zero-order chi connectivity index (χ0) is 31.7. The van der Waals surface area contributed by atoms with E-state index in [0.717, 1.165) is 42.4 Å². The summed E-state index contributed by atoms with van der Waals surface area (Å²) in [7, 11) is -3.93. The van der Waals surface area contributed by atoms with Crippen molar-refractivity contribution in [2.24, 2.45) is 5.92 Å². The summed E-state index contributed by atoms with van der Waals surface area (Å²) >= 11 is 0. The molecule has 0 amide bonds. The molecule has 0 aromatic heterocycles. The predicted molar refractivity (Wildman–Crippen MR) is 174 cm³/mol. The van der Waals surface area contributed by atoms with E-state index in [1.54, 1.807) is 0 Å². The lowest BCUT2D eigenvalue weighted by Gasteiger charge is -2.45. The number of unbranched alkanes of at least 4 members (excludes halogenated alkanes) is 2. The van der Waals surface area contributed by atoms with E-state index in [9.17, 15) is 4.57 Å². The van der Waals surface area contributed by atoms with Crippen LogP contribution in [0.2, 0.25) is 0 Å². The van der Waals surface area contributed by atoms with Crippen LogP contribution in [0.3, 0.4) is 0 Å². The van der Waals surface area contributed by atoms with Gasteiger partial charge >= 0.3 is 7.82 Å². The standard InChI is InChI=1S/C36H49O8P/c1-4-6-23-41-45(37,42-24-7-5-2)44-36-29(3)34(39-26-31-19-13-9-14-20-31)35(40-27-32-21-15-10-16-22-32)33(43-36)28-38-25-30-17-11-8-12-18-30/h8-22,29,33-36H,4-7,23-28H2,1-3H3/t29?,33?,34-,35+,36+/m1/s1. The van der Waals surface area contributed by atoms with Gasteiger partial charge in [0.1, 0.15) is 12.2 Å². The molecule has 0 aliphatic carbocycles. The summed E-state index contributed by atoms with van der Waals surface area (Å²) in [5.74, 6) is -0.377. The van der Waals surface area contributed by atoms with Gasteiger partial charge in [-0.15, -0.1) is 0 Å². The Labute approximate surface area is 268 Å². The maximum atomic E-state index is 13.9. The first-order chi connectivity index (χ1) is 22.0. The lowest BCUT2D eigenvalue weighted by molar-refractivity contribution is -0.285. The van der Waals surface area contributed by atoms with Crippen molar-refractivity contribution >= 4 is 7.82 Å². The van der Waals surface area contributed by atoms with Gasteiger partial charge in [-0.3, -0.25) is 13.6 Å². The Hall–Kier alpha value is -2.39. The summed E-state index contributed by atoms with van der Waals surface area (Å²) in [4.78, 5) is 0. The molecule has 3 aromatic carbocycles. The van der Waals surface area contributed by atoms with Crippen LogP contribution in [0.25, 0.3) is 0 Å². The fourth-order valence-electron chi connectivity index (χ4n) is 5.01. The fraction of sp³-hybridized carbons (Fsp3) is 0.500. The topological polar surface area (TPSA) is 81.7 Å². The van der Waals surface area contributed by atoms with Gasteiger partial charge in [0.15, 0.2) is 6.29 Å². The van der Waals surface area contributed by atoms with Crippen molar-refractivity contribution in [2.45, 2.75) is 90.9 Å². The minimum atomic E-state index is -3.93. The van der Waals surface area contributed by atoms with Crippen LogP contribution in [0.15, 0.2) is 91.0 Å². The lowest BCUT2D eigenvalue weighted by Crippen LogP contribution is -2.57. The molecule has 45 heavy (non-hydrogen) atoms. The number of hydrogen-bond donors (Lipinski definition) is 0. The predicted octanol–water partition coefficient (Wildman–Crippen LogP) is 8.49. The van der Waals surface area contributed by atoms with E-state index >= 15 is 0 Å². The molecule has 1 aliphatic heterocycles. The first-order valence-electron chi connectivity index (χ1n) is 16.2. The van der Waals surface area contributed by atoms with Gasteiger partial charge in [-0.1, -0.05) is 125 Å². The Morgan fingerprint density at radius 3 is 1.62 bits per heavy atom. The Morgan fingerprint density at radius 2 is 1.13 bits per heavy atom. The molecule has 246 valence electrons. The quantitative estimate of drug-likeness (QED) is 0.0899. The largest absolute Gasteiger partial charge is 0.477 e. The number of phosphoric ester groups is 1. The highest BCUT2D eigenvalue weighted by Gasteiger charge is 2.49. The molecular weight excluding hydrogens is 591 g/mol. The van der Waals surface area contributed by atoms with E-state index in [0.29, 0.717) is 19.8 Å². The summed E-state index contributed by atoms with van der Waals surface area (Å²) in [6.45, 7) is 7.93. The highest BCUT2D eigenvalue weighted by molar-refractivity contribution is 7.48. The van der Waals surface area contributed by atoms with E-state index in [1.165, 1.54) is 0 Å². The molecule has 3 aromatic rings. The summed E-state index contributed by atoms with van der Waals surface area (Å²) in [6.07, 6.45) is 0.753. The average molecular weight is 641 g/mol. The second-order valence-electron chi connectivity index (χ2n) is 11.4. The summed E-state index contributed by atoms with van der Waals surface area (Å²) < 4.78 is 57.5. The second kappa shape index (κ2) is 19.3. The number of phosphoric acid groups is 1. The monoisotopic (exact) mass is 640 g/mol. The van der Waals surface area contributed by atoms with Crippen molar-refractivity contribution in [1.82, 2.24) is 0 Å². The van der Waals surface area contributed by atoms with Gasteiger partial charge in [0.05, 0.1) is 45.7 Å². The van der Waals surface area contributed by atoms with Crippen molar-refractivity contribution in [3.8, 4) is 0 Å². The molecule has 1 saturated heterocycles. The zero-order valence-corrected chi connectivity index (χ0v) is 27.7. The van der Waals surface area contributed by atoms with E-state index in [-0.39, 0.29) is 25.7 Å². The first kappa shape index (κ1) is 35.5. The summed E-state index contributed by atoms with van der Waals surface area (Å²) in [5, 5.41) is 0. The minimum absolute atomic E-state index is 0.212. The second-order valence-corrected chi connectivity index (χ2v) is 13.0. The maximum Gasteiger partial charge on any atom is 0.477 e. The molecule has 0 N–H and O–H groups in total. The number of ether oxygens (including phenoxy) is 4. The molecule has 2 unspecified atom stereocenters. The van der Waals surface area contributed by atoms with Crippen molar-refractivity contribution in [3.05, 3.63) is 108 Å². The van der Waals surface area contributed by atoms with Gasteiger partial charge in [-0.05, 0) is 29.5 Å². The van der Waals surface area contributed by atoms with Crippen LogP contribution >= 0.6 is 7.82 Å². The van der Waals surface area contributed by atoms with Crippen LogP contribution in [-0.4, -0.2) is 44.4 Å². The molecule has 1 fully saturated rings. The number of rotatable bonds is 20. The van der Waals surface area contributed by atoms with Gasteiger partial charge in [0.25, 0.3) is 0 Å². The van der Waals surface area contributed by atoms with Crippen molar-refractivity contribution in [3.63, 3.8) is 0 Å². The van der Waals surface area contributed by atoms with Crippen LogP contribution in [0.4, 0.5) is 0 Å². The smallest absolute Gasteiger partial charge is 0.374 e. The normalized spacial score (nSPS) is 22.0. The SMILES string of the molecule is CCCCOP(=O)(OCCCC)O[C@@H]1OC(COCc2ccccc2)[C@H](OCc2ccccc2)[C@H](OCc2ccccc2)C1C. The average Bonchev–Trinajstić information content (AvgIpc) is 3.06. The molecule has 5 atom stereocenters. The molecule has 1 aliphatic rings. The van der Waals surface area contributed by atoms with Gasteiger partial charge in [0, 0.05) is 5.92 Å². The first-order valence-corrected chi connectivity index (χ1v) is 17.6. The minimum Gasteiger partial charge on any atom is -0.374 e. The van der Waals surface area contributed by atoms with E-state index < -0.39 is 32.4 Å². The van der Waals surface area contributed by atoms with Gasteiger partial charge in [-0.25, -0.2) is 4.57 Å². The van der Waals surface area contributed by atoms with Crippen LogP contribution in [-0.2, 0) is 56.9 Å². The van der Waals surface area contributed by atoms with Crippen molar-refractivity contribution < 1.29 is 37.1 Å². The van der Waals surface area contributed by atoms with Crippen LogP contribution in [0.5, 0.6) is 0 Å². The fourth-order valence-corrected chi connectivity index (χ4v) is 6.41. The molecule has 1 heterocycles. The third kappa shape index (κ3) is 11.7. The van der Waals surface area contributed by atoms with E-state index in [2.05, 4.69) is 0 Å². The van der Waals surface area contributed by atoms with E-state index in [4.69, 9.17) is 32.5 Å². The van der Waals surface area contributed by atoms with Gasteiger partial charge < -0.3 is 18.9 Å². The Kier molecular flexibility index (Phi) is 15.2. The summed E-state index contributed by atoms with van der Waals surface area (Å²) in [5.41, 5.74) is 3.11. The number of benzene rings is 3. The third-order valence-corrected chi connectivity index (χ3v) is 9.10. The molecule has 8 nitrogen and oxygen atoms in total. The maximum absolute atomic E-state index is 13.9. The highest BCUT2D eigenvalue weighted by Crippen LogP contribution is 2.53. The molecular formula is C36H49O8P. The summed E-state index contributed by atoms with van der Waals surface area (Å²) in [6, 6.07) is 30.0. The molecule has 0 bridgehead atoms. The van der Waals surface area contributed by atoms with Crippen molar-refractivity contribution in [1.29, 1.82) is 0 Å². The lowest BCUT2D eigenvalue weighted by atomic mass is 9.92. The molecule has 4 rings (SSSR count). The number of hydrogen-bond acceptors (Lipinski definition) is 8. The Bertz CT molecular complexity index is 1230. The highest BCUT2D eigenvalue weighted by atomic mass is 31.2. The molecule has 0 radical (unpaired) electrons.